The number of nitrogens with one attached hydrogen (secondary N) is 2. The molecule has 0 spiro atoms. The van der Waals surface area contributed by atoms with Crippen LogP contribution in [0.4, 0.5) is 5.69 Å². The number of ketones is 1. The van der Waals surface area contributed by atoms with Crippen LogP contribution in [0.1, 0.15) is 25.3 Å². The van der Waals surface area contributed by atoms with Crippen LogP contribution in [0.5, 0.6) is 5.88 Å². The minimum atomic E-state index is -0.888. The van der Waals surface area contributed by atoms with Crippen LogP contribution in [-0.2, 0) is 4.79 Å². The molecular weight excluding hydrogens is 324 g/mol. The van der Waals surface area contributed by atoms with Gasteiger partial charge >= 0.3 is 5.69 Å². The van der Waals surface area contributed by atoms with Crippen molar-refractivity contribution in [3.05, 3.63) is 68.0 Å². The lowest BCUT2D eigenvalue weighted by Crippen LogP contribution is -2.21. The van der Waals surface area contributed by atoms with E-state index in [0.717, 1.165) is 11.1 Å². The fourth-order valence-corrected chi connectivity index (χ4v) is 2.92. The summed E-state index contributed by atoms with van der Waals surface area (Å²) in [5.74, 6) is -1.32. The quantitative estimate of drug-likeness (QED) is 0.739. The Bertz CT molecular complexity index is 1000. The lowest BCUT2D eigenvalue weighted by molar-refractivity contribution is -0.116. The monoisotopic (exact) mass is 340 g/mol. The largest absolute Gasteiger partial charge is 0.493 e. The molecule has 128 valence electrons. The Balaban J connectivity index is 1.97. The van der Waals surface area contributed by atoms with Gasteiger partial charge < -0.3 is 5.11 Å². The van der Waals surface area contributed by atoms with Gasteiger partial charge in [-0.05, 0) is 24.0 Å². The second kappa shape index (κ2) is 6.31. The number of azo groups is 1. The highest BCUT2D eigenvalue weighted by molar-refractivity contribution is 6.03. The Kier molecular flexibility index (Phi) is 4.18. The van der Waals surface area contributed by atoms with E-state index >= 15 is 0 Å². The van der Waals surface area contributed by atoms with Crippen LogP contribution in [0.3, 0.4) is 0 Å². The maximum absolute atomic E-state index is 12.8. The van der Waals surface area contributed by atoms with Gasteiger partial charge in [-0.15, -0.1) is 10.2 Å². The summed E-state index contributed by atoms with van der Waals surface area (Å²) in [5, 5.41) is 17.2. The molecule has 1 aromatic carbocycles. The Morgan fingerprint density at radius 1 is 1.04 bits per heavy atom. The van der Waals surface area contributed by atoms with Crippen molar-refractivity contribution in [1.29, 1.82) is 0 Å². The van der Waals surface area contributed by atoms with E-state index in [1.165, 1.54) is 0 Å². The van der Waals surface area contributed by atoms with E-state index < -0.39 is 22.8 Å². The zero-order valence-corrected chi connectivity index (χ0v) is 13.6. The molecule has 1 aliphatic rings. The van der Waals surface area contributed by atoms with Gasteiger partial charge in [-0.3, -0.25) is 19.6 Å². The van der Waals surface area contributed by atoms with E-state index in [9.17, 15) is 19.5 Å². The number of carbonyl (C=O) groups is 1. The molecule has 0 radical (unpaired) electrons. The van der Waals surface area contributed by atoms with Crippen molar-refractivity contribution in [3.63, 3.8) is 0 Å². The van der Waals surface area contributed by atoms with E-state index in [1.54, 1.807) is 6.92 Å². The number of aromatic nitrogens is 2. The molecule has 2 unspecified atom stereocenters. The minimum Gasteiger partial charge on any atom is -0.493 e. The summed E-state index contributed by atoms with van der Waals surface area (Å²) in [7, 11) is 0. The van der Waals surface area contributed by atoms with Crippen molar-refractivity contribution in [2.45, 2.75) is 19.8 Å². The van der Waals surface area contributed by atoms with E-state index in [0.29, 0.717) is 0 Å². The highest BCUT2D eigenvalue weighted by atomic mass is 16.3. The minimum absolute atomic E-state index is 0.0636. The highest BCUT2D eigenvalue weighted by Crippen LogP contribution is 2.41. The molecule has 0 bridgehead atoms. The number of aromatic amines is 2. The summed E-state index contributed by atoms with van der Waals surface area (Å²) in [6.45, 7) is 3.72. The second-order valence-electron chi connectivity index (χ2n) is 5.88. The molecule has 1 heterocycles. The first-order valence-corrected chi connectivity index (χ1v) is 7.67. The predicted octanol–water partition coefficient (Wildman–Crippen LogP) is 2.13. The molecule has 2 atom stereocenters. The van der Waals surface area contributed by atoms with Gasteiger partial charge in [0.05, 0.1) is 5.92 Å². The SMILES string of the molecule is CC1=C(N=Nc2c(O)[nH]c(=O)[nH]c2=O)C(=O)C(c2ccccc2)C1C. The second-order valence-corrected chi connectivity index (χ2v) is 5.88. The standard InChI is InChI=1S/C17H16N4O4/c1-8-9(2)12(14(22)11(8)10-6-4-3-5-7-10)20-21-13-15(23)18-17(25)19-16(13)24/h3-8,11H,1-2H3,(H3,18,19,23,24,25). The normalized spacial score (nSPS) is 20.6. The predicted molar refractivity (Wildman–Crippen MR) is 89.9 cm³/mol. The van der Waals surface area contributed by atoms with Gasteiger partial charge in [0.25, 0.3) is 5.56 Å². The molecule has 8 heteroatoms. The molecule has 1 aromatic heterocycles. The smallest absolute Gasteiger partial charge is 0.328 e. The molecule has 8 nitrogen and oxygen atoms in total. The number of hydrogen-bond donors (Lipinski definition) is 3. The van der Waals surface area contributed by atoms with E-state index in [-0.39, 0.29) is 23.3 Å². The fourth-order valence-electron chi connectivity index (χ4n) is 2.92. The molecule has 0 saturated carbocycles. The summed E-state index contributed by atoms with van der Waals surface area (Å²) >= 11 is 0. The van der Waals surface area contributed by atoms with Crippen LogP contribution in [-0.4, -0.2) is 20.9 Å². The molecule has 0 amide bonds. The Morgan fingerprint density at radius 3 is 2.36 bits per heavy atom. The molecule has 2 aromatic rings. The number of aromatic hydroxyl groups is 1. The van der Waals surface area contributed by atoms with Crippen molar-refractivity contribution < 1.29 is 9.90 Å². The lowest BCUT2D eigenvalue weighted by Gasteiger charge is -2.15. The maximum Gasteiger partial charge on any atom is 0.328 e. The van der Waals surface area contributed by atoms with Crippen LogP contribution >= 0.6 is 0 Å². The Labute approximate surface area is 142 Å². The van der Waals surface area contributed by atoms with Crippen LogP contribution in [0.25, 0.3) is 0 Å². The summed E-state index contributed by atoms with van der Waals surface area (Å²) in [4.78, 5) is 39.5. The number of H-pyrrole nitrogens is 2. The molecule has 0 fully saturated rings. The molecule has 0 aliphatic heterocycles. The van der Waals surface area contributed by atoms with Gasteiger partial charge in [0.2, 0.25) is 11.6 Å². The summed E-state index contributed by atoms with van der Waals surface area (Å²) in [5.41, 5.74) is -0.403. The molecule has 0 saturated heterocycles. The summed E-state index contributed by atoms with van der Waals surface area (Å²) < 4.78 is 0. The third kappa shape index (κ3) is 2.93. The van der Waals surface area contributed by atoms with Gasteiger partial charge in [-0.2, -0.15) is 0 Å². The van der Waals surface area contributed by atoms with E-state index in [4.69, 9.17) is 0 Å². The van der Waals surface area contributed by atoms with Gasteiger partial charge in [-0.25, -0.2) is 4.79 Å². The number of nitrogens with zero attached hydrogens (tertiary/aromatic N) is 2. The zero-order chi connectivity index (χ0) is 18.1. The van der Waals surface area contributed by atoms with Crippen molar-refractivity contribution in [2.24, 2.45) is 16.1 Å². The average molecular weight is 340 g/mol. The van der Waals surface area contributed by atoms with Crippen molar-refractivity contribution in [3.8, 4) is 5.88 Å². The van der Waals surface area contributed by atoms with Crippen LogP contribution in [0.15, 0.2) is 61.4 Å². The highest BCUT2D eigenvalue weighted by Gasteiger charge is 2.38. The molecule has 3 N–H and O–H groups in total. The van der Waals surface area contributed by atoms with E-state index in [1.807, 2.05) is 47.2 Å². The van der Waals surface area contributed by atoms with Gasteiger partial charge in [0, 0.05) is 0 Å². The van der Waals surface area contributed by atoms with Crippen molar-refractivity contribution >= 4 is 11.5 Å². The Morgan fingerprint density at radius 2 is 1.72 bits per heavy atom. The fraction of sp³-hybridized carbons (Fsp3) is 0.235. The van der Waals surface area contributed by atoms with Crippen LogP contribution < -0.4 is 11.2 Å². The van der Waals surface area contributed by atoms with Crippen molar-refractivity contribution in [2.75, 3.05) is 0 Å². The summed E-state index contributed by atoms with van der Waals surface area (Å²) in [6, 6.07) is 9.36. The lowest BCUT2D eigenvalue weighted by atomic mass is 9.87. The number of carbonyl (C=O) groups excluding carboxylic acids is 1. The number of rotatable bonds is 3. The molecule has 3 rings (SSSR count). The number of allylic oxidation sites excluding steroid dienone is 2. The van der Waals surface area contributed by atoms with Gasteiger partial charge in [-0.1, -0.05) is 37.3 Å². The van der Waals surface area contributed by atoms with E-state index in [2.05, 4.69) is 10.2 Å². The first kappa shape index (κ1) is 16.6. The molecule has 25 heavy (non-hydrogen) atoms. The van der Waals surface area contributed by atoms with Crippen molar-refractivity contribution in [1.82, 2.24) is 9.97 Å². The first-order chi connectivity index (χ1) is 11.9. The number of benzene rings is 1. The summed E-state index contributed by atoms with van der Waals surface area (Å²) in [6.07, 6.45) is 0. The third-order valence-electron chi connectivity index (χ3n) is 4.38. The van der Waals surface area contributed by atoms with Crippen LogP contribution in [0.2, 0.25) is 0 Å². The maximum atomic E-state index is 12.8. The number of Topliss-reactive ketones (excluding diaryl/α,β-unsaturated/α-hetero) is 1. The van der Waals surface area contributed by atoms with Crippen LogP contribution in [0, 0.1) is 5.92 Å². The topological polar surface area (TPSA) is 128 Å². The Hall–Kier alpha value is -3.29. The molecular formula is C17H16N4O4. The average Bonchev–Trinajstić information content (AvgIpc) is 2.78. The third-order valence-corrected chi connectivity index (χ3v) is 4.38. The van der Waals surface area contributed by atoms with Gasteiger partial charge in [0.15, 0.2) is 5.78 Å². The molecule has 1 aliphatic carbocycles. The zero-order valence-electron chi connectivity index (χ0n) is 13.6. The number of hydrogen-bond acceptors (Lipinski definition) is 6. The van der Waals surface area contributed by atoms with Gasteiger partial charge in [0.1, 0.15) is 5.70 Å². The first-order valence-electron chi connectivity index (χ1n) is 7.67.